The predicted molar refractivity (Wildman–Crippen MR) is 232 cm³/mol. The highest BCUT2D eigenvalue weighted by atomic mass is 32.2. The van der Waals surface area contributed by atoms with Crippen LogP contribution in [0.5, 0.6) is 0 Å². The van der Waals surface area contributed by atoms with Gasteiger partial charge >= 0.3 is 0 Å². The highest BCUT2D eigenvalue weighted by molar-refractivity contribution is 7.99. The number of benzene rings is 5. The molecule has 0 saturated carbocycles. The molecular formula is C49H61N3O2S. The average molecular weight is 756 g/mol. The van der Waals surface area contributed by atoms with Crippen LogP contribution in [-0.2, 0) is 11.0 Å². The Labute approximate surface area is 335 Å². The second-order valence-electron chi connectivity index (χ2n) is 16.6. The highest BCUT2D eigenvalue weighted by Crippen LogP contribution is 2.48. The van der Waals surface area contributed by atoms with Gasteiger partial charge in [0.2, 0.25) is 0 Å². The number of fused-ring (bicyclic) bond motifs is 2. The molecule has 5 aromatic rings. The van der Waals surface area contributed by atoms with Crippen molar-refractivity contribution in [2.45, 2.75) is 86.3 Å². The summed E-state index contributed by atoms with van der Waals surface area (Å²) < 4.78 is 0. The van der Waals surface area contributed by atoms with Crippen LogP contribution in [0.2, 0.25) is 0 Å². The van der Waals surface area contributed by atoms with E-state index in [9.17, 15) is 10.2 Å². The number of nitrogens with zero attached hydrogens (tertiary/aromatic N) is 3. The molecule has 0 bridgehead atoms. The van der Waals surface area contributed by atoms with Gasteiger partial charge in [-0.1, -0.05) is 142 Å². The number of aliphatic hydroxyl groups is 2. The van der Waals surface area contributed by atoms with E-state index in [2.05, 4.69) is 154 Å². The Balaban J connectivity index is 0.000000217. The Morgan fingerprint density at radius 3 is 1.67 bits per heavy atom. The third-order valence-corrected chi connectivity index (χ3v) is 12.7. The number of rotatable bonds is 11. The lowest BCUT2D eigenvalue weighted by Crippen LogP contribution is -2.44. The third-order valence-electron chi connectivity index (χ3n) is 11.6. The smallest absolute Gasteiger partial charge is 0.117 e. The number of likely N-dealkylation sites (N-methyl/N-ethyl adjacent to an activating group) is 1. The normalized spacial score (nSPS) is 16.1. The van der Waals surface area contributed by atoms with Crippen molar-refractivity contribution in [1.82, 2.24) is 9.80 Å². The van der Waals surface area contributed by atoms with Crippen molar-refractivity contribution < 1.29 is 10.2 Å². The van der Waals surface area contributed by atoms with Crippen molar-refractivity contribution in [2.75, 3.05) is 45.2 Å². The fourth-order valence-electron chi connectivity index (χ4n) is 7.88. The van der Waals surface area contributed by atoms with Gasteiger partial charge in [-0.25, -0.2) is 0 Å². The Kier molecular flexibility index (Phi) is 13.6. The minimum absolute atomic E-state index is 0.128. The van der Waals surface area contributed by atoms with E-state index in [1.807, 2.05) is 48.2 Å². The van der Waals surface area contributed by atoms with E-state index in [1.165, 1.54) is 26.7 Å². The number of hydrogen-bond acceptors (Lipinski definition) is 6. The molecule has 1 fully saturated rings. The fourth-order valence-corrected chi connectivity index (χ4v) is 8.98. The van der Waals surface area contributed by atoms with Gasteiger partial charge in [0.05, 0.1) is 17.5 Å². The van der Waals surface area contributed by atoms with Crippen LogP contribution in [0.3, 0.4) is 0 Å². The Bertz CT molecular complexity index is 1830. The largest absolute Gasteiger partial charge is 0.388 e. The minimum Gasteiger partial charge on any atom is -0.388 e. The summed E-state index contributed by atoms with van der Waals surface area (Å²) in [5.41, 5.74) is 6.06. The lowest BCUT2D eigenvalue weighted by atomic mass is 9.72. The molecule has 2 heterocycles. The Morgan fingerprint density at radius 2 is 1.18 bits per heavy atom. The van der Waals surface area contributed by atoms with Gasteiger partial charge in [0.15, 0.2) is 0 Å². The first-order valence-corrected chi connectivity index (χ1v) is 20.9. The van der Waals surface area contributed by atoms with Gasteiger partial charge in [-0.2, -0.15) is 0 Å². The predicted octanol–water partition coefficient (Wildman–Crippen LogP) is 10.7. The average Bonchev–Trinajstić information content (AvgIpc) is 3.21. The van der Waals surface area contributed by atoms with E-state index >= 15 is 0 Å². The van der Waals surface area contributed by atoms with Crippen molar-refractivity contribution in [3.8, 4) is 0 Å². The van der Waals surface area contributed by atoms with Crippen LogP contribution in [0.1, 0.15) is 81.7 Å². The molecule has 5 aromatic carbocycles. The van der Waals surface area contributed by atoms with E-state index in [1.54, 1.807) is 0 Å². The molecule has 5 nitrogen and oxygen atoms in total. The molecule has 2 aliphatic rings. The fraction of sp³-hybridized carbons (Fsp3) is 0.388. The van der Waals surface area contributed by atoms with Crippen LogP contribution in [-0.4, -0.2) is 66.3 Å². The molecule has 2 N–H and O–H groups in total. The minimum atomic E-state index is -0.968. The summed E-state index contributed by atoms with van der Waals surface area (Å²) in [6.07, 6.45) is 3.23. The first-order valence-electron chi connectivity index (χ1n) is 20.1. The zero-order valence-electron chi connectivity index (χ0n) is 33.7. The van der Waals surface area contributed by atoms with E-state index in [4.69, 9.17) is 0 Å². The first-order chi connectivity index (χ1) is 26.4. The van der Waals surface area contributed by atoms with Gasteiger partial charge in [-0.05, 0) is 124 Å². The lowest BCUT2D eigenvalue weighted by molar-refractivity contribution is -0.0146. The van der Waals surface area contributed by atoms with Crippen molar-refractivity contribution in [2.24, 2.45) is 5.92 Å². The number of hydrogen-bond donors (Lipinski definition) is 2. The monoisotopic (exact) mass is 755 g/mol. The van der Waals surface area contributed by atoms with Crippen LogP contribution >= 0.6 is 11.8 Å². The van der Waals surface area contributed by atoms with Crippen molar-refractivity contribution in [1.29, 1.82) is 0 Å². The van der Waals surface area contributed by atoms with Crippen molar-refractivity contribution in [3.63, 3.8) is 0 Å². The summed E-state index contributed by atoms with van der Waals surface area (Å²) in [4.78, 5) is 9.90. The summed E-state index contributed by atoms with van der Waals surface area (Å²) in [5.74, 6) is 0.176. The van der Waals surface area contributed by atoms with E-state index in [0.717, 1.165) is 68.6 Å². The molecule has 2 aliphatic heterocycles. The Hall–Kier alpha value is -3.91. The summed E-state index contributed by atoms with van der Waals surface area (Å²) in [5, 5.41) is 22.8. The SMILES string of the molecule is CC(C)(C)c1ccc(C(O)CCCN2CCC(C(O)(c3ccccc3)c3ccccc3)CC2)cc1.CC(CN1c2ccccc2Sc2ccccc21)N(C)C. The number of aliphatic hydroxyl groups excluding tert-OH is 1. The summed E-state index contributed by atoms with van der Waals surface area (Å²) in [6, 6.07) is 46.6. The Morgan fingerprint density at radius 1 is 0.691 bits per heavy atom. The first kappa shape index (κ1) is 40.7. The van der Waals surface area contributed by atoms with Crippen LogP contribution in [0.4, 0.5) is 11.4 Å². The van der Waals surface area contributed by atoms with Crippen LogP contribution in [0, 0.1) is 5.92 Å². The van der Waals surface area contributed by atoms with Crippen LogP contribution in [0.15, 0.2) is 143 Å². The zero-order valence-corrected chi connectivity index (χ0v) is 34.6. The molecule has 0 spiro atoms. The molecule has 7 rings (SSSR count). The molecule has 0 amide bonds. The molecule has 0 radical (unpaired) electrons. The summed E-state index contributed by atoms with van der Waals surface area (Å²) >= 11 is 1.87. The summed E-state index contributed by atoms with van der Waals surface area (Å²) in [7, 11) is 4.28. The maximum Gasteiger partial charge on any atom is 0.117 e. The van der Waals surface area contributed by atoms with Gasteiger partial charge in [-0.15, -0.1) is 0 Å². The molecule has 2 atom stereocenters. The summed E-state index contributed by atoms with van der Waals surface area (Å²) in [6.45, 7) is 12.8. The maximum atomic E-state index is 12.1. The molecule has 1 saturated heterocycles. The van der Waals surface area contributed by atoms with Gasteiger partial charge in [0.1, 0.15) is 5.60 Å². The van der Waals surface area contributed by atoms with Crippen molar-refractivity contribution >= 4 is 23.1 Å². The lowest BCUT2D eigenvalue weighted by Gasteiger charge is -2.42. The molecule has 0 aromatic heterocycles. The molecule has 55 heavy (non-hydrogen) atoms. The van der Waals surface area contributed by atoms with Gasteiger partial charge in [-0.3, -0.25) is 0 Å². The quantitative estimate of drug-likeness (QED) is 0.140. The van der Waals surface area contributed by atoms with Gasteiger partial charge in [0, 0.05) is 22.4 Å². The highest BCUT2D eigenvalue weighted by Gasteiger charge is 2.41. The maximum absolute atomic E-state index is 12.1. The number of likely N-dealkylation sites (tertiary alicyclic amines) is 1. The van der Waals surface area contributed by atoms with Crippen molar-refractivity contribution in [3.05, 3.63) is 156 Å². The zero-order chi connectivity index (χ0) is 39.0. The van der Waals surface area contributed by atoms with Gasteiger partial charge < -0.3 is 24.9 Å². The number of para-hydroxylation sites is 2. The topological polar surface area (TPSA) is 50.2 Å². The molecule has 290 valence electrons. The van der Waals surface area contributed by atoms with Gasteiger partial charge in [0.25, 0.3) is 0 Å². The second kappa shape index (κ2) is 18.4. The third kappa shape index (κ3) is 9.91. The van der Waals surface area contributed by atoms with E-state index in [-0.39, 0.29) is 11.3 Å². The van der Waals surface area contributed by atoms with Crippen LogP contribution in [0.25, 0.3) is 0 Å². The molecular weight excluding hydrogens is 695 g/mol. The second-order valence-corrected chi connectivity index (χ2v) is 17.7. The molecule has 2 unspecified atom stereocenters. The van der Waals surface area contributed by atoms with Crippen LogP contribution < -0.4 is 4.90 Å². The standard InChI is InChI=1S/C32H41NO2.C17H20N2S/c1-31(2,3)26-18-16-25(17-19-26)30(34)15-10-22-33-23-20-29(21-24-33)32(35,27-11-6-4-7-12-27)28-13-8-5-9-14-28;1-13(18(2)3)12-19-14-8-4-6-10-16(14)20-17-11-7-5-9-15(17)19/h4-9,11-14,16-19,29-30,34-35H,10,15,20-24H2,1-3H3;4-11,13H,12H2,1-3H3. The number of anilines is 2. The van der Waals surface area contributed by atoms with E-state index < -0.39 is 11.7 Å². The molecule has 0 aliphatic carbocycles. The van der Waals surface area contributed by atoms with E-state index in [0.29, 0.717) is 6.04 Å². The number of piperidine rings is 1. The molecule has 6 heteroatoms.